The zero-order valence-electron chi connectivity index (χ0n) is 13.5. The standard InChI is InChI=1S/C15H25O5P/c1-10(2)19-21(17,20-11(3)4)9-13-7-12(5)15(16)14(8-13)18-6/h7-8,10-11,16H,9H2,1-6H3. The molecule has 0 spiro atoms. The molecule has 21 heavy (non-hydrogen) atoms. The van der Waals surface area contributed by atoms with Gasteiger partial charge in [-0.1, -0.05) is 6.07 Å². The Morgan fingerprint density at radius 1 is 1.14 bits per heavy atom. The molecule has 0 bridgehead atoms. The zero-order chi connectivity index (χ0) is 16.2. The summed E-state index contributed by atoms with van der Waals surface area (Å²) in [5, 5.41) is 9.85. The van der Waals surface area contributed by atoms with Crippen molar-refractivity contribution >= 4 is 7.60 Å². The first-order valence-corrected chi connectivity index (χ1v) is 8.72. The minimum atomic E-state index is -3.26. The van der Waals surface area contributed by atoms with Gasteiger partial charge in [0.2, 0.25) is 0 Å². The van der Waals surface area contributed by atoms with Gasteiger partial charge in [-0.15, -0.1) is 0 Å². The minimum Gasteiger partial charge on any atom is -0.504 e. The maximum absolute atomic E-state index is 12.9. The zero-order valence-corrected chi connectivity index (χ0v) is 14.4. The van der Waals surface area contributed by atoms with E-state index in [2.05, 4.69) is 0 Å². The van der Waals surface area contributed by atoms with E-state index in [0.717, 1.165) is 5.56 Å². The molecule has 0 fully saturated rings. The van der Waals surface area contributed by atoms with Gasteiger partial charge < -0.3 is 18.9 Å². The molecule has 1 aromatic carbocycles. The topological polar surface area (TPSA) is 65.0 Å². The van der Waals surface area contributed by atoms with E-state index < -0.39 is 7.60 Å². The van der Waals surface area contributed by atoms with Crippen molar-refractivity contribution in [2.75, 3.05) is 7.11 Å². The summed E-state index contributed by atoms with van der Waals surface area (Å²) in [7, 11) is -1.78. The highest BCUT2D eigenvalue weighted by atomic mass is 31.2. The quantitative estimate of drug-likeness (QED) is 0.762. The Labute approximate surface area is 126 Å². The summed E-state index contributed by atoms with van der Waals surface area (Å²) < 4.78 is 29.0. The fourth-order valence-corrected chi connectivity index (χ4v) is 4.14. The van der Waals surface area contributed by atoms with Crippen molar-refractivity contribution in [2.45, 2.75) is 53.0 Å². The average molecular weight is 316 g/mol. The molecule has 0 saturated heterocycles. The summed E-state index contributed by atoms with van der Waals surface area (Å²) in [5.41, 5.74) is 1.40. The van der Waals surface area contributed by atoms with Crippen molar-refractivity contribution in [1.82, 2.24) is 0 Å². The van der Waals surface area contributed by atoms with Gasteiger partial charge in [0, 0.05) is 0 Å². The third-order valence-corrected chi connectivity index (χ3v) is 4.90. The van der Waals surface area contributed by atoms with Gasteiger partial charge in [-0.2, -0.15) is 0 Å². The van der Waals surface area contributed by atoms with Gasteiger partial charge in [-0.3, -0.25) is 4.57 Å². The van der Waals surface area contributed by atoms with Gasteiger partial charge in [0.1, 0.15) is 0 Å². The Kier molecular flexibility index (Phi) is 6.26. The Hall–Kier alpha value is -1.03. The normalized spacial score (nSPS) is 12.2. The highest BCUT2D eigenvalue weighted by Gasteiger charge is 2.28. The Bertz CT molecular complexity index is 511. The van der Waals surface area contributed by atoms with Gasteiger partial charge in [-0.25, -0.2) is 0 Å². The number of rotatable bonds is 7. The first-order chi connectivity index (χ1) is 9.66. The van der Waals surface area contributed by atoms with Crippen LogP contribution in [0.3, 0.4) is 0 Å². The van der Waals surface area contributed by atoms with Crippen molar-refractivity contribution in [3.05, 3.63) is 23.3 Å². The molecule has 5 nitrogen and oxygen atoms in total. The number of phenols is 1. The van der Waals surface area contributed by atoms with E-state index in [4.69, 9.17) is 13.8 Å². The van der Waals surface area contributed by atoms with Crippen LogP contribution in [-0.2, 0) is 19.8 Å². The van der Waals surface area contributed by atoms with Crippen LogP contribution in [0.2, 0.25) is 0 Å². The second-order valence-electron chi connectivity index (χ2n) is 5.54. The van der Waals surface area contributed by atoms with Gasteiger partial charge >= 0.3 is 7.60 Å². The average Bonchev–Trinajstić information content (AvgIpc) is 2.30. The minimum absolute atomic E-state index is 0.0886. The van der Waals surface area contributed by atoms with Gasteiger partial charge in [-0.05, 0) is 51.8 Å². The van der Waals surface area contributed by atoms with Crippen LogP contribution in [-0.4, -0.2) is 24.4 Å². The van der Waals surface area contributed by atoms with E-state index in [1.807, 2.05) is 27.7 Å². The Morgan fingerprint density at radius 3 is 2.10 bits per heavy atom. The molecule has 0 aliphatic heterocycles. The number of aromatic hydroxyl groups is 1. The van der Waals surface area contributed by atoms with Crippen LogP contribution < -0.4 is 4.74 Å². The molecule has 1 rings (SSSR count). The molecule has 0 amide bonds. The molecule has 1 N–H and O–H groups in total. The highest BCUT2D eigenvalue weighted by molar-refractivity contribution is 7.53. The van der Waals surface area contributed by atoms with Crippen LogP contribution in [0, 0.1) is 6.92 Å². The number of hydrogen-bond acceptors (Lipinski definition) is 5. The van der Waals surface area contributed by atoms with E-state index in [9.17, 15) is 9.67 Å². The second-order valence-corrected chi connectivity index (χ2v) is 7.50. The number of aryl methyl sites for hydroxylation is 1. The molecule has 1 aromatic rings. The summed E-state index contributed by atoms with van der Waals surface area (Å²) in [6.45, 7) is 9.04. The van der Waals surface area contributed by atoms with Crippen LogP contribution in [0.1, 0.15) is 38.8 Å². The van der Waals surface area contributed by atoms with Crippen molar-refractivity contribution < 1.29 is 23.5 Å². The van der Waals surface area contributed by atoms with Crippen molar-refractivity contribution in [2.24, 2.45) is 0 Å². The Balaban J connectivity index is 3.09. The lowest BCUT2D eigenvalue weighted by molar-refractivity contribution is 0.141. The molecule has 0 radical (unpaired) electrons. The number of methoxy groups -OCH3 is 1. The summed E-state index contributed by atoms with van der Waals surface area (Å²) in [6.07, 6.45) is -0.259. The summed E-state index contributed by atoms with van der Waals surface area (Å²) in [4.78, 5) is 0. The van der Waals surface area contributed by atoms with E-state index in [1.54, 1.807) is 19.1 Å². The van der Waals surface area contributed by atoms with Crippen LogP contribution in [0.4, 0.5) is 0 Å². The van der Waals surface area contributed by atoms with Gasteiger partial charge in [0.25, 0.3) is 0 Å². The van der Waals surface area contributed by atoms with Crippen molar-refractivity contribution in [3.63, 3.8) is 0 Å². The molecular formula is C15H25O5P. The third kappa shape index (κ3) is 5.34. The van der Waals surface area contributed by atoms with Crippen molar-refractivity contribution in [1.29, 1.82) is 0 Å². The summed E-state index contributed by atoms with van der Waals surface area (Å²) >= 11 is 0. The molecule has 0 aromatic heterocycles. The van der Waals surface area contributed by atoms with Crippen molar-refractivity contribution in [3.8, 4) is 11.5 Å². The van der Waals surface area contributed by atoms with E-state index in [1.165, 1.54) is 7.11 Å². The molecule has 0 aliphatic carbocycles. The molecule has 0 unspecified atom stereocenters. The molecule has 6 heteroatoms. The molecule has 0 saturated carbocycles. The maximum Gasteiger partial charge on any atom is 0.335 e. The lowest BCUT2D eigenvalue weighted by Crippen LogP contribution is -2.09. The first kappa shape index (κ1) is 18.0. The van der Waals surface area contributed by atoms with Crippen LogP contribution >= 0.6 is 7.60 Å². The maximum atomic E-state index is 12.9. The number of hydrogen-bond donors (Lipinski definition) is 1. The smallest absolute Gasteiger partial charge is 0.335 e. The van der Waals surface area contributed by atoms with E-state index in [-0.39, 0.29) is 24.1 Å². The van der Waals surface area contributed by atoms with Gasteiger partial charge in [0.15, 0.2) is 11.5 Å². The number of benzene rings is 1. The van der Waals surface area contributed by atoms with Crippen LogP contribution in [0.25, 0.3) is 0 Å². The fraction of sp³-hybridized carbons (Fsp3) is 0.600. The number of phenolic OH excluding ortho intramolecular Hbond substituents is 1. The number of ether oxygens (including phenoxy) is 1. The predicted octanol–water partition coefficient (Wildman–Crippen LogP) is 4.25. The van der Waals surface area contributed by atoms with E-state index in [0.29, 0.717) is 11.3 Å². The summed E-state index contributed by atoms with van der Waals surface area (Å²) in [5.74, 6) is 0.441. The monoisotopic (exact) mass is 316 g/mol. The predicted molar refractivity (Wildman–Crippen MR) is 83.1 cm³/mol. The first-order valence-electron chi connectivity index (χ1n) is 6.99. The molecule has 0 heterocycles. The highest BCUT2D eigenvalue weighted by Crippen LogP contribution is 2.54. The SMILES string of the molecule is COc1cc(CP(=O)(OC(C)C)OC(C)C)cc(C)c1O. The second kappa shape index (κ2) is 7.30. The van der Waals surface area contributed by atoms with Crippen LogP contribution in [0.15, 0.2) is 12.1 Å². The lowest BCUT2D eigenvalue weighted by atomic mass is 10.1. The summed E-state index contributed by atoms with van der Waals surface area (Å²) in [6, 6.07) is 3.42. The molecular weight excluding hydrogens is 291 g/mol. The lowest BCUT2D eigenvalue weighted by Gasteiger charge is -2.23. The van der Waals surface area contributed by atoms with E-state index >= 15 is 0 Å². The van der Waals surface area contributed by atoms with Gasteiger partial charge in [0.05, 0.1) is 25.5 Å². The third-order valence-electron chi connectivity index (χ3n) is 2.66. The molecule has 0 aliphatic rings. The fourth-order valence-electron chi connectivity index (χ4n) is 2.03. The molecule has 120 valence electrons. The largest absolute Gasteiger partial charge is 0.504 e. The Morgan fingerprint density at radius 2 is 1.67 bits per heavy atom. The van der Waals surface area contributed by atoms with Crippen LogP contribution in [0.5, 0.6) is 11.5 Å². The molecule has 0 atom stereocenters.